The summed E-state index contributed by atoms with van der Waals surface area (Å²) < 4.78 is 0. The van der Waals surface area contributed by atoms with Gasteiger partial charge in [0.05, 0.1) is 0 Å². The third-order valence-corrected chi connectivity index (χ3v) is 4.91. The van der Waals surface area contributed by atoms with Gasteiger partial charge in [0, 0.05) is 31.1 Å². The van der Waals surface area contributed by atoms with Crippen molar-refractivity contribution < 1.29 is 0 Å². The molecule has 0 amide bonds. The highest BCUT2D eigenvalue weighted by atomic mass is 15.3. The average molecular weight is 223 g/mol. The van der Waals surface area contributed by atoms with E-state index in [0.717, 1.165) is 6.04 Å². The van der Waals surface area contributed by atoms with Crippen molar-refractivity contribution in [3.8, 4) is 0 Å². The van der Waals surface area contributed by atoms with Gasteiger partial charge in [-0.3, -0.25) is 4.90 Å². The van der Waals surface area contributed by atoms with Gasteiger partial charge in [0.15, 0.2) is 0 Å². The monoisotopic (exact) mass is 223 g/mol. The van der Waals surface area contributed by atoms with Crippen molar-refractivity contribution in [1.29, 1.82) is 0 Å². The van der Waals surface area contributed by atoms with Crippen LogP contribution >= 0.6 is 0 Å². The van der Waals surface area contributed by atoms with Crippen LogP contribution in [0.25, 0.3) is 0 Å². The molecule has 0 aromatic heterocycles. The number of hydrogen-bond acceptors (Lipinski definition) is 3. The van der Waals surface area contributed by atoms with E-state index in [1.807, 2.05) is 0 Å². The lowest BCUT2D eigenvalue weighted by atomic mass is 9.77. The Kier molecular flexibility index (Phi) is 2.73. The Hall–Kier alpha value is -0.120. The van der Waals surface area contributed by atoms with Crippen LogP contribution in [-0.4, -0.2) is 74.1 Å². The van der Waals surface area contributed by atoms with E-state index >= 15 is 0 Å². The van der Waals surface area contributed by atoms with Crippen LogP contribution in [0.15, 0.2) is 0 Å². The number of likely N-dealkylation sites (tertiary alicyclic amines) is 3. The third kappa shape index (κ3) is 1.89. The van der Waals surface area contributed by atoms with E-state index in [-0.39, 0.29) is 0 Å². The van der Waals surface area contributed by atoms with E-state index in [1.54, 1.807) is 0 Å². The first-order valence-corrected chi connectivity index (χ1v) is 6.78. The van der Waals surface area contributed by atoms with Crippen LogP contribution in [0, 0.1) is 5.41 Å². The second-order valence-corrected chi connectivity index (χ2v) is 6.43. The van der Waals surface area contributed by atoms with Crippen LogP contribution in [0.2, 0.25) is 0 Å². The number of piperidine rings is 1. The standard InChI is InChI=1S/C13H25N3/c1-14-6-3-12(4-7-14)16-10-13(11-16)5-8-15(2)9-13/h12H,3-11H2,1-2H3. The van der Waals surface area contributed by atoms with Gasteiger partial charge in [0.25, 0.3) is 0 Å². The molecule has 0 unspecified atom stereocenters. The molecular weight excluding hydrogens is 198 g/mol. The molecule has 0 aromatic carbocycles. The van der Waals surface area contributed by atoms with E-state index < -0.39 is 0 Å². The van der Waals surface area contributed by atoms with Crippen LogP contribution in [0.5, 0.6) is 0 Å². The highest BCUT2D eigenvalue weighted by molar-refractivity contribution is 5.02. The minimum absolute atomic E-state index is 0.693. The molecule has 92 valence electrons. The first kappa shape index (κ1) is 11.0. The Bertz CT molecular complexity index is 252. The molecule has 0 radical (unpaired) electrons. The summed E-state index contributed by atoms with van der Waals surface area (Å²) in [5, 5.41) is 0. The highest BCUT2D eigenvalue weighted by Crippen LogP contribution is 2.41. The molecule has 3 aliphatic heterocycles. The summed E-state index contributed by atoms with van der Waals surface area (Å²) in [6.07, 6.45) is 4.22. The molecule has 0 bridgehead atoms. The molecule has 0 atom stereocenters. The maximum atomic E-state index is 2.76. The largest absolute Gasteiger partial charge is 0.306 e. The number of hydrogen-bond donors (Lipinski definition) is 0. The van der Waals surface area contributed by atoms with E-state index in [1.165, 1.54) is 58.5 Å². The molecule has 1 spiro atoms. The Labute approximate surface area is 99.4 Å². The molecule has 0 saturated carbocycles. The van der Waals surface area contributed by atoms with Gasteiger partial charge >= 0.3 is 0 Å². The molecule has 3 fully saturated rings. The predicted molar refractivity (Wildman–Crippen MR) is 66.6 cm³/mol. The zero-order valence-corrected chi connectivity index (χ0v) is 10.8. The lowest BCUT2D eigenvalue weighted by molar-refractivity contribution is -0.0389. The molecular formula is C13H25N3. The molecule has 3 saturated heterocycles. The zero-order valence-electron chi connectivity index (χ0n) is 10.8. The topological polar surface area (TPSA) is 9.72 Å². The van der Waals surface area contributed by atoms with Gasteiger partial charge in [-0.15, -0.1) is 0 Å². The summed E-state index contributed by atoms with van der Waals surface area (Å²) in [5.41, 5.74) is 0.693. The molecule has 3 heteroatoms. The molecule has 3 heterocycles. The highest BCUT2D eigenvalue weighted by Gasteiger charge is 2.48. The Morgan fingerprint density at radius 3 is 2.12 bits per heavy atom. The molecule has 0 aromatic rings. The van der Waals surface area contributed by atoms with Gasteiger partial charge in [0.1, 0.15) is 0 Å². The summed E-state index contributed by atoms with van der Waals surface area (Å²) in [6, 6.07) is 0.896. The molecule has 3 nitrogen and oxygen atoms in total. The fraction of sp³-hybridized carbons (Fsp3) is 1.00. The van der Waals surface area contributed by atoms with Gasteiger partial charge in [-0.05, 0) is 53.0 Å². The van der Waals surface area contributed by atoms with Crippen molar-refractivity contribution >= 4 is 0 Å². The normalized spacial score (nSPS) is 33.4. The Morgan fingerprint density at radius 1 is 0.875 bits per heavy atom. The minimum Gasteiger partial charge on any atom is -0.306 e. The lowest BCUT2D eigenvalue weighted by Crippen LogP contribution is -2.62. The molecule has 3 rings (SSSR count). The van der Waals surface area contributed by atoms with Crippen LogP contribution in [0.4, 0.5) is 0 Å². The first-order chi connectivity index (χ1) is 7.67. The van der Waals surface area contributed by atoms with Crippen molar-refractivity contribution in [3.63, 3.8) is 0 Å². The maximum Gasteiger partial charge on any atom is 0.0120 e. The van der Waals surface area contributed by atoms with Crippen molar-refractivity contribution in [2.75, 3.05) is 53.4 Å². The molecule has 3 aliphatic rings. The summed E-state index contributed by atoms with van der Waals surface area (Å²) >= 11 is 0. The fourth-order valence-corrected chi connectivity index (χ4v) is 3.85. The number of rotatable bonds is 1. The van der Waals surface area contributed by atoms with Crippen LogP contribution in [-0.2, 0) is 0 Å². The van der Waals surface area contributed by atoms with Gasteiger partial charge in [0.2, 0.25) is 0 Å². The van der Waals surface area contributed by atoms with Crippen molar-refractivity contribution in [1.82, 2.24) is 14.7 Å². The second kappa shape index (κ2) is 3.97. The predicted octanol–water partition coefficient (Wildman–Crippen LogP) is 0.718. The SMILES string of the molecule is CN1CCC(N2CC3(CCN(C)C3)C2)CC1. The second-order valence-electron chi connectivity index (χ2n) is 6.43. The quantitative estimate of drug-likeness (QED) is 0.648. The van der Waals surface area contributed by atoms with E-state index in [0.29, 0.717) is 5.41 Å². The van der Waals surface area contributed by atoms with Gasteiger partial charge in [-0.25, -0.2) is 0 Å². The molecule has 0 N–H and O–H groups in total. The Morgan fingerprint density at radius 2 is 1.56 bits per heavy atom. The van der Waals surface area contributed by atoms with E-state index in [2.05, 4.69) is 28.8 Å². The first-order valence-electron chi connectivity index (χ1n) is 6.78. The maximum absolute atomic E-state index is 2.76. The summed E-state index contributed by atoms with van der Waals surface area (Å²) in [4.78, 5) is 7.73. The summed E-state index contributed by atoms with van der Waals surface area (Å²) in [7, 11) is 4.52. The van der Waals surface area contributed by atoms with E-state index in [4.69, 9.17) is 0 Å². The van der Waals surface area contributed by atoms with Crippen LogP contribution < -0.4 is 0 Å². The van der Waals surface area contributed by atoms with E-state index in [9.17, 15) is 0 Å². The average Bonchev–Trinajstić information content (AvgIpc) is 2.60. The van der Waals surface area contributed by atoms with Gasteiger partial charge in [-0.2, -0.15) is 0 Å². The zero-order chi connectivity index (χ0) is 11.2. The fourth-order valence-electron chi connectivity index (χ4n) is 3.85. The minimum atomic E-state index is 0.693. The summed E-state index contributed by atoms with van der Waals surface area (Å²) in [6.45, 7) is 8.02. The Balaban J connectivity index is 1.50. The molecule has 0 aliphatic carbocycles. The van der Waals surface area contributed by atoms with Crippen molar-refractivity contribution in [3.05, 3.63) is 0 Å². The molecule has 16 heavy (non-hydrogen) atoms. The lowest BCUT2D eigenvalue weighted by Gasteiger charge is -2.53. The smallest absolute Gasteiger partial charge is 0.0120 e. The van der Waals surface area contributed by atoms with Crippen LogP contribution in [0.3, 0.4) is 0 Å². The van der Waals surface area contributed by atoms with Crippen molar-refractivity contribution in [2.45, 2.75) is 25.3 Å². The summed E-state index contributed by atoms with van der Waals surface area (Å²) in [5.74, 6) is 0. The third-order valence-electron chi connectivity index (χ3n) is 4.91. The number of nitrogens with zero attached hydrogens (tertiary/aromatic N) is 3. The van der Waals surface area contributed by atoms with Gasteiger partial charge in [-0.1, -0.05) is 0 Å². The van der Waals surface area contributed by atoms with Gasteiger partial charge < -0.3 is 9.80 Å². The van der Waals surface area contributed by atoms with Crippen LogP contribution in [0.1, 0.15) is 19.3 Å². The van der Waals surface area contributed by atoms with Crippen molar-refractivity contribution in [2.24, 2.45) is 5.41 Å².